The molecule has 0 bridgehead atoms. The van der Waals surface area contributed by atoms with Crippen LogP contribution in [0.1, 0.15) is 23.0 Å². The first-order valence-corrected chi connectivity index (χ1v) is 5.35. The number of pyridine rings is 1. The van der Waals surface area contributed by atoms with Crippen molar-refractivity contribution < 1.29 is 9.90 Å². The summed E-state index contributed by atoms with van der Waals surface area (Å²) < 4.78 is 1.71. The second-order valence-electron chi connectivity index (χ2n) is 3.69. The lowest BCUT2D eigenvalue weighted by Crippen LogP contribution is -2.05. The third kappa shape index (κ3) is 2.04. The van der Waals surface area contributed by atoms with Gasteiger partial charge in [-0.25, -0.2) is 4.79 Å². The molecule has 2 heterocycles. The van der Waals surface area contributed by atoms with Gasteiger partial charge in [-0.2, -0.15) is 5.10 Å². The fraction of sp³-hybridized carbons (Fsp3) is 0.250. The zero-order valence-corrected chi connectivity index (χ0v) is 9.71. The first-order chi connectivity index (χ1) is 8.13. The predicted octanol–water partition coefficient (Wildman–Crippen LogP) is 1.74. The molecule has 5 heteroatoms. The maximum Gasteiger partial charge on any atom is 0.337 e. The first kappa shape index (κ1) is 11.3. The number of rotatable bonds is 3. The molecular formula is C12H13N3O2. The van der Waals surface area contributed by atoms with Gasteiger partial charge >= 0.3 is 5.97 Å². The van der Waals surface area contributed by atoms with Crippen LogP contribution in [-0.2, 0) is 13.5 Å². The van der Waals surface area contributed by atoms with Gasteiger partial charge in [-0.1, -0.05) is 6.92 Å². The van der Waals surface area contributed by atoms with Gasteiger partial charge in [0.2, 0.25) is 0 Å². The van der Waals surface area contributed by atoms with Gasteiger partial charge in [-0.3, -0.25) is 9.67 Å². The quantitative estimate of drug-likeness (QED) is 0.873. The van der Waals surface area contributed by atoms with Gasteiger partial charge in [-0.05, 0) is 24.6 Å². The van der Waals surface area contributed by atoms with Crippen LogP contribution in [0.2, 0.25) is 0 Å². The molecule has 5 nitrogen and oxygen atoms in total. The summed E-state index contributed by atoms with van der Waals surface area (Å²) in [5.41, 5.74) is 2.47. The van der Waals surface area contributed by atoms with Crippen LogP contribution in [0.5, 0.6) is 0 Å². The average molecular weight is 231 g/mol. The average Bonchev–Trinajstić information content (AvgIpc) is 2.74. The second-order valence-corrected chi connectivity index (χ2v) is 3.69. The van der Waals surface area contributed by atoms with E-state index < -0.39 is 5.97 Å². The van der Waals surface area contributed by atoms with Crippen LogP contribution >= 0.6 is 0 Å². The SMILES string of the molecule is CCc1nc(-c2ccnn2C)ccc1C(=O)O. The van der Waals surface area contributed by atoms with Crippen molar-refractivity contribution in [2.45, 2.75) is 13.3 Å². The van der Waals surface area contributed by atoms with Gasteiger partial charge in [0.25, 0.3) is 0 Å². The Morgan fingerprint density at radius 3 is 2.71 bits per heavy atom. The number of aromatic carboxylic acids is 1. The number of nitrogens with zero attached hydrogens (tertiary/aromatic N) is 3. The van der Waals surface area contributed by atoms with Crippen molar-refractivity contribution >= 4 is 5.97 Å². The predicted molar refractivity (Wildman–Crippen MR) is 62.8 cm³/mol. The molecule has 0 atom stereocenters. The fourth-order valence-electron chi connectivity index (χ4n) is 1.73. The van der Waals surface area contributed by atoms with Gasteiger partial charge in [0.1, 0.15) is 0 Å². The molecule has 1 N–H and O–H groups in total. The number of carbonyl (C=O) groups is 1. The Morgan fingerprint density at radius 1 is 1.41 bits per heavy atom. The largest absolute Gasteiger partial charge is 0.478 e. The molecule has 0 saturated heterocycles. The number of hydrogen-bond acceptors (Lipinski definition) is 3. The molecule has 2 aromatic heterocycles. The van der Waals surface area contributed by atoms with E-state index in [1.807, 2.05) is 20.0 Å². The third-order valence-corrected chi connectivity index (χ3v) is 2.62. The van der Waals surface area contributed by atoms with E-state index in [0.29, 0.717) is 12.1 Å². The highest BCUT2D eigenvalue weighted by atomic mass is 16.4. The lowest BCUT2D eigenvalue weighted by atomic mass is 10.1. The van der Waals surface area contributed by atoms with Crippen LogP contribution < -0.4 is 0 Å². The number of carboxylic acid groups (broad SMARTS) is 1. The van der Waals surface area contributed by atoms with Gasteiger partial charge in [0.05, 0.1) is 22.6 Å². The highest BCUT2D eigenvalue weighted by molar-refractivity contribution is 5.89. The number of hydrogen-bond donors (Lipinski definition) is 1. The molecule has 0 fully saturated rings. The molecule has 0 saturated carbocycles. The number of carboxylic acids is 1. The van der Waals surface area contributed by atoms with Crippen molar-refractivity contribution in [2.24, 2.45) is 7.05 Å². The number of aryl methyl sites for hydroxylation is 2. The molecule has 0 aliphatic heterocycles. The highest BCUT2D eigenvalue weighted by Crippen LogP contribution is 2.18. The smallest absolute Gasteiger partial charge is 0.337 e. The number of aromatic nitrogens is 3. The van der Waals surface area contributed by atoms with Gasteiger partial charge in [0.15, 0.2) is 0 Å². The summed E-state index contributed by atoms with van der Waals surface area (Å²) in [6.45, 7) is 1.89. The Labute approximate surface area is 98.7 Å². The monoisotopic (exact) mass is 231 g/mol. The molecule has 17 heavy (non-hydrogen) atoms. The summed E-state index contributed by atoms with van der Waals surface area (Å²) in [5, 5.41) is 13.1. The van der Waals surface area contributed by atoms with Crippen molar-refractivity contribution in [3.05, 3.63) is 35.7 Å². The van der Waals surface area contributed by atoms with E-state index in [1.165, 1.54) is 0 Å². The second kappa shape index (κ2) is 4.37. The summed E-state index contributed by atoms with van der Waals surface area (Å²) >= 11 is 0. The minimum absolute atomic E-state index is 0.262. The van der Waals surface area contributed by atoms with E-state index in [1.54, 1.807) is 23.0 Å². The molecule has 0 amide bonds. The summed E-state index contributed by atoms with van der Waals surface area (Å²) in [6, 6.07) is 5.15. The van der Waals surface area contributed by atoms with E-state index in [0.717, 1.165) is 11.4 Å². The summed E-state index contributed by atoms with van der Waals surface area (Å²) in [5.74, 6) is -0.939. The van der Waals surface area contributed by atoms with Crippen LogP contribution in [0.3, 0.4) is 0 Å². The van der Waals surface area contributed by atoms with Gasteiger partial charge < -0.3 is 5.11 Å². The fourth-order valence-corrected chi connectivity index (χ4v) is 1.73. The Hall–Kier alpha value is -2.17. The van der Waals surface area contributed by atoms with E-state index in [-0.39, 0.29) is 5.56 Å². The minimum Gasteiger partial charge on any atom is -0.478 e. The normalized spacial score (nSPS) is 10.5. The van der Waals surface area contributed by atoms with Crippen LogP contribution in [0, 0.1) is 0 Å². The zero-order valence-electron chi connectivity index (χ0n) is 9.71. The molecule has 0 aliphatic carbocycles. The zero-order chi connectivity index (χ0) is 12.4. The molecular weight excluding hydrogens is 218 g/mol. The van der Waals surface area contributed by atoms with Crippen LogP contribution in [0.15, 0.2) is 24.4 Å². The maximum absolute atomic E-state index is 11.0. The van der Waals surface area contributed by atoms with Crippen LogP contribution in [-0.4, -0.2) is 25.8 Å². The van der Waals surface area contributed by atoms with Crippen LogP contribution in [0.4, 0.5) is 0 Å². The highest BCUT2D eigenvalue weighted by Gasteiger charge is 2.12. The third-order valence-electron chi connectivity index (χ3n) is 2.62. The Bertz CT molecular complexity index is 561. The van der Waals surface area contributed by atoms with Crippen LogP contribution in [0.25, 0.3) is 11.4 Å². The lowest BCUT2D eigenvalue weighted by molar-refractivity contribution is 0.0695. The van der Waals surface area contributed by atoms with Crippen molar-refractivity contribution in [3.63, 3.8) is 0 Å². The van der Waals surface area contributed by atoms with Crippen molar-refractivity contribution in [1.82, 2.24) is 14.8 Å². The van der Waals surface area contributed by atoms with E-state index in [4.69, 9.17) is 5.11 Å². The minimum atomic E-state index is -0.939. The molecule has 0 spiro atoms. The molecule has 0 aliphatic rings. The van der Waals surface area contributed by atoms with Gasteiger partial charge in [-0.15, -0.1) is 0 Å². The molecule has 88 valence electrons. The first-order valence-electron chi connectivity index (χ1n) is 5.35. The van der Waals surface area contributed by atoms with E-state index in [2.05, 4.69) is 10.1 Å². The summed E-state index contributed by atoms with van der Waals surface area (Å²) in [7, 11) is 1.83. The summed E-state index contributed by atoms with van der Waals surface area (Å²) in [6.07, 6.45) is 2.28. The Balaban J connectivity index is 2.52. The molecule has 0 aromatic carbocycles. The van der Waals surface area contributed by atoms with Crippen molar-refractivity contribution in [1.29, 1.82) is 0 Å². The maximum atomic E-state index is 11.0. The molecule has 2 rings (SSSR count). The van der Waals surface area contributed by atoms with Crippen molar-refractivity contribution in [2.75, 3.05) is 0 Å². The van der Waals surface area contributed by atoms with Crippen molar-refractivity contribution in [3.8, 4) is 11.4 Å². The Morgan fingerprint density at radius 2 is 2.18 bits per heavy atom. The topological polar surface area (TPSA) is 68.0 Å². The molecule has 0 unspecified atom stereocenters. The van der Waals surface area contributed by atoms with E-state index >= 15 is 0 Å². The lowest BCUT2D eigenvalue weighted by Gasteiger charge is -2.06. The standard InChI is InChI=1S/C12H13N3O2/c1-3-9-8(12(16)17)4-5-10(14-9)11-6-7-13-15(11)2/h4-7H,3H2,1-2H3,(H,16,17). The van der Waals surface area contributed by atoms with E-state index in [9.17, 15) is 4.79 Å². The Kier molecular flexibility index (Phi) is 2.91. The molecule has 0 radical (unpaired) electrons. The van der Waals surface area contributed by atoms with Gasteiger partial charge in [0, 0.05) is 13.2 Å². The molecule has 2 aromatic rings. The summed E-state index contributed by atoms with van der Waals surface area (Å²) in [4.78, 5) is 15.4.